The molecule has 1 aliphatic carbocycles. The summed E-state index contributed by atoms with van der Waals surface area (Å²) in [5.74, 6) is 1.17. The third-order valence-corrected chi connectivity index (χ3v) is 5.02. The van der Waals surface area contributed by atoms with Crippen LogP contribution in [-0.4, -0.2) is 85.5 Å². The summed E-state index contributed by atoms with van der Waals surface area (Å²) < 4.78 is 0. The van der Waals surface area contributed by atoms with Crippen LogP contribution in [0.4, 0.5) is 0 Å². The number of aliphatic imine (C=N–C) groups is 1. The van der Waals surface area contributed by atoms with E-state index in [-0.39, 0.29) is 29.9 Å². The number of halogens is 1. The first-order valence-electron chi connectivity index (χ1n) is 9.10. The van der Waals surface area contributed by atoms with Crippen molar-refractivity contribution in [2.45, 2.75) is 45.6 Å². The van der Waals surface area contributed by atoms with Crippen LogP contribution < -0.4 is 5.32 Å². The highest BCUT2D eigenvalue weighted by molar-refractivity contribution is 14.0. The summed E-state index contributed by atoms with van der Waals surface area (Å²) >= 11 is 0. The molecule has 1 aliphatic heterocycles. The number of piperazine rings is 1. The fourth-order valence-corrected chi connectivity index (χ4v) is 3.50. The highest BCUT2D eigenvalue weighted by atomic mass is 127. The largest absolute Gasteiger partial charge is 0.357 e. The van der Waals surface area contributed by atoms with Gasteiger partial charge in [0.2, 0.25) is 5.91 Å². The second kappa shape index (κ2) is 11.1. The van der Waals surface area contributed by atoms with Crippen LogP contribution in [-0.2, 0) is 4.79 Å². The van der Waals surface area contributed by atoms with E-state index in [1.807, 2.05) is 4.90 Å². The maximum Gasteiger partial charge on any atom is 0.219 e. The molecule has 0 unspecified atom stereocenters. The number of carbonyl (C=O) groups excluding carboxylic acids is 1. The number of amides is 1. The molecule has 7 heteroatoms. The van der Waals surface area contributed by atoms with Gasteiger partial charge in [-0.1, -0.05) is 12.8 Å². The highest BCUT2D eigenvalue weighted by Crippen LogP contribution is 2.21. The summed E-state index contributed by atoms with van der Waals surface area (Å²) in [5.41, 5.74) is 0. The molecule has 140 valence electrons. The summed E-state index contributed by atoms with van der Waals surface area (Å²) in [6.45, 7) is 9.80. The van der Waals surface area contributed by atoms with E-state index in [0.29, 0.717) is 0 Å². The molecule has 1 N–H and O–H groups in total. The van der Waals surface area contributed by atoms with E-state index in [2.05, 4.69) is 29.1 Å². The van der Waals surface area contributed by atoms with Gasteiger partial charge in [-0.15, -0.1) is 24.0 Å². The van der Waals surface area contributed by atoms with Gasteiger partial charge in [0.05, 0.1) is 6.54 Å². The Morgan fingerprint density at radius 2 is 1.75 bits per heavy atom. The van der Waals surface area contributed by atoms with E-state index in [0.717, 1.165) is 57.8 Å². The summed E-state index contributed by atoms with van der Waals surface area (Å²) in [4.78, 5) is 22.9. The van der Waals surface area contributed by atoms with Crippen molar-refractivity contribution in [3.05, 3.63) is 0 Å². The van der Waals surface area contributed by atoms with Crippen molar-refractivity contribution >= 4 is 35.8 Å². The summed E-state index contributed by atoms with van der Waals surface area (Å²) in [6, 6.07) is 0.756. The van der Waals surface area contributed by atoms with Crippen LogP contribution in [0.1, 0.15) is 39.5 Å². The van der Waals surface area contributed by atoms with Crippen LogP contribution in [0.15, 0.2) is 4.99 Å². The number of hydrogen-bond donors (Lipinski definition) is 1. The molecule has 1 saturated heterocycles. The van der Waals surface area contributed by atoms with Crippen LogP contribution in [0.25, 0.3) is 0 Å². The molecule has 2 fully saturated rings. The predicted octanol–water partition coefficient (Wildman–Crippen LogP) is 1.61. The molecule has 0 radical (unpaired) electrons. The van der Waals surface area contributed by atoms with E-state index in [1.54, 1.807) is 6.92 Å². The fraction of sp³-hybridized carbons (Fsp3) is 0.882. The lowest BCUT2D eigenvalue weighted by atomic mass is 10.2. The van der Waals surface area contributed by atoms with Gasteiger partial charge >= 0.3 is 0 Å². The maximum atomic E-state index is 11.4. The predicted molar refractivity (Wildman–Crippen MR) is 110 cm³/mol. The minimum absolute atomic E-state index is 0. The van der Waals surface area contributed by atoms with E-state index in [4.69, 9.17) is 4.99 Å². The molecular formula is C17H34IN5O. The summed E-state index contributed by atoms with van der Waals surface area (Å²) in [5, 5.41) is 3.39. The molecule has 1 saturated carbocycles. The van der Waals surface area contributed by atoms with Gasteiger partial charge in [-0.05, 0) is 26.8 Å². The quantitative estimate of drug-likeness (QED) is 0.392. The molecule has 0 atom stereocenters. The van der Waals surface area contributed by atoms with Crippen molar-refractivity contribution in [1.29, 1.82) is 0 Å². The van der Waals surface area contributed by atoms with Gasteiger partial charge in [0.1, 0.15) is 0 Å². The van der Waals surface area contributed by atoms with Crippen LogP contribution >= 0.6 is 24.0 Å². The van der Waals surface area contributed by atoms with Gasteiger partial charge in [-0.3, -0.25) is 9.79 Å². The molecule has 24 heavy (non-hydrogen) atoms. The van der Waals surface area contributed by atoms with Crippen molar-refractivity contribution < 1.29 is 4.79 Å². The highest BCUT2D eigenvalue weighted by Gasteiger charge is 2.21. The maximum absolute atomic E-state index is 11.4. The number of likely N-dealkylation sites (N-methyl/N-ethyl adjacent to an activating group) is 1. The van der Waals surface area contributed by atoms with Gasteiger partial charge in [-0.2, -0.15) is 0 Å². The first-order chi connectivity index (χ1) is 11.1. The third kappa shape index (κ3) is 6.38. The topological polar surface area (TPSA) is 51.2 Å². The number of hydrogen-bond acceptors (Lipinski definition) is 3. The van der Waals surface area contributed by atoms with Crippen molar-refractivity contribution in [1.82, 2.24) is 20.0 Å². The fourth-order valence-electron chi connectivity index (χ4n) is 3.50. The van der Waals surface area contributed by atoms with Crippen LogP contribution in [0.5, 0.6) is 0 Å². The summed E-state index contributed by atoms with van der Waals surface area (Å²) in [7, 11) is 2.23. The standard InChI is InChI=1S/C17H33N5O.HI/c1-4-18-17(22-13-11-21(12-14-22)15(2)23)19-9-10-20(3)16-7-5-6-8-16;/h16H,4-14H2,1-3H3,(H,18,19);1H. The number of carbonyl (C=O) groups is 1. The lowest BCUT2D eigenvalue weighted by Crippen LogP contribution is -2.53. The number of guanidine groups is 1. The van der Waals surface area contributed by atoms with E-state index < -0.39 is 0 Å². The monoisotopic (exact) mass is 451 g/mol. The van der Waals surface area contributed by atoms with E-state index >= 15 is 0 Å². The smallest absolute Gasteiger partial charge is 0.219 e. The Kier molecular flexibility index (Phi) is 9.95. The third-order valence-electron chi connectivity index (χ3n) is 5.02. The Bertz CT molecular complexity index is 404. The Labute approximate surface area is 164 Å². The molecule has 1 amide bonds. The Morgan fingerprint density at radius 3 is 2.29 bits per heavy atom. The minimum atomic E-state index is 0. The van der Waals surface area contributed by atoms with Crippen molar-refractivity contribution in [2.75, 3.05) is 52.9 Å². The van der Waals surface area contributed by atoms with Gasteiger partial charge in [0.25, 0.3) is 0 Å². The van der Waals surface area contributed by atoms with Crippen molar-refractivity contribution in [3.63, 3.8) is 0 Å². The molecule has 2 rings (SSSR count). The molecular weight excluding hydrogens is 417 g/mol. The number of rotatable bonds is 5. The molecule has 0 spiro atoms. The van der Waals surface area contributed by atoms with E-state index in [1.165, 1.54) is 25.7 Å². The molecule has 0 bridgehead atoms. The second-order valence-electron chi connectivity index (χ2n) is 6.65. The van der Waals surface area contributed by atoms with Crippen LogP contribution in [0, 0.1) is 0 Å². The molecule has 2 aliphatic rings. The van der Waals surface area contributed by atoms with Crippen LogP contribution in [0.3, 0.4) is 0 Å². The van der Waals surface area contributed by atoms with Crippen molar-refractivity contribution in [3.8, 4) is 0 Å². The zero-order chi connectivity index (χ0) is 16.7. The van der Waals surface area contributed by atoms with E-state index in [9.17, 15) is 4.79 Å². The number of nitrogens with one attached hydrogen (secondary N) is 1. The average Bonchev–Trinajstić information content (AvgIpc) is 3.08. The van der Waals surface area contributed by atoms with Crippen molar-refractivity contribution in [2.24, 2.45) is 4.99 Å². The molecule has 6 nitrogen and oxygen atoms in total. The molecule has 0 aromatic heterocycles. The first-order valence-corrected chi connectivity index (χ1v) is 9.10. The zero-order valence-corrected chi connectivity index (χ0v) is 17.8. The average molecular weight is 451 g/mol. The lowest BCUT2D eigenvalue weighted by Gasteiger charge is -2.36. The van der Waals surface area contributed by atoms with Gasteiger partial charge < -0.3 is 20.0 Å². The number of nitrogens with zero attached hydrogens (tertiary/aromatic N) is 4. The first kappa shape index (κ1) is 21.5. The van der Waals surface area contributed by atoms with Crippen LogP contribution in [0.2, 0.25) is 0 Å². The minimum Gasteiger partial charge on any atom is -0.357 e. The second-order valence-corrected chi connectivity index (χ2v) is 6.65. The summed E-state index contributed by atoms with van der Waals surface area (Å²) in [6.07, 6.45) is 5.43. The Hall–Kier alpha value is -0.570. The van der Waals surface area contributed by atoms with Gasteiger partial charge in [0.15, 0.2) is 5.96 Å². The zero-order valence-electron chi connectivity index (χ0n) is 15.5. The molecule has 1 heterocycles. The van der Waals surface area contributed by atoms with Gasteiger partial charge in [-0.25, -0.2) is 0 Å². The molecule has 0 aromatic rings. The normalized spacial score (nSPS) is 19.6. The Morgan fingerprint density at radius 1 is 1.17 bits per heavy atom. The SMILES string of the molecule is CCNC(=NCCN(C)C1CCCC1)N1CCN(C(C)=O)CC1.I. The molecule has 0 aromatic carbocycles. The lowest BCUT2D eigenvalue weighted by molar-refractivity contribution is -0.130. The van der Waals surface area contributed by atoms with Gasteiger partial charge in [0, 0.05) is 52.2 Å². The Balaban J connectivity index is 0.00000288.